The van der Waals surface area contributed by atoms with E-state index in [1.807, 2.05) is 0 Å². The van der Waals surface area contributed by atoms with Gasteiger partial charge in [0, 0.05) is 0 Å². The summed E-state index contributed by atoms with van der Waals surface area (Å²) in [6.45, 7) is 2.21. The van der Waals surface area contributed by atoms with Crippen molar-refractivity contribution >= 4 is 29.1 Å². The molecule has 0 aliphatic carbocycles. The van der Waals surface area contributed by atoms with Crippen LogP contribution in [0.3, 0.4) is 0 Å². The van der Waals surface area contributed by atoms with Gasteiger partial charge in [-0.1, -0.05) is 23.2 Å². The highest BCUT2D eigenvalue weighted by Gasteiger charge is 2.05. The Bertz CT molecular complexity index is 84.1. The first-order valence-corrected chi connectivity index (χ1v) is 3.05. The van der Waals surface area contributed by atoms with Crippen molar-refractivity contribution in [2.24, 2.45) is 0 Å². The second kappa shape index (κ2) is 3.98. The highest BCUT2D eigenvalue weighted by Crippen LogP contribution is 2.03. The van der Waals surface area contributed by atoms with Crippen molar-refractivity contribution in [3.05, 3.63) is 0 Å². The van der Waals surface area contributed by atoms with E-state index in [0.29, 0.717) is 6.61 Å². The number of rotatable bonds is 2. The predicted molar refractivity (Wildman–Crippen MR) is 34.8 cm³/mol. The van der Waals surface area contributed by atoms with E-state index in [2.05, 4.69) is 4.74 Å². The van der Waals surface area contributed by atoms with Gasteiger partial charge in [-0.2, -0.15) is 0 Å². The van der Waals surface area contributed by atoms with Crippen LogP contribution in [0.2, 0.25) is 0 Å². The zero-order valence-corrected chi connectivity index (χ0v) is 5.96. The second-order valence-corrected chi connectivity index (χ2v) is 2.19. The van der Waals surface area contributed by atoms with Crippen molar-refractivity contribution in [2.75, 3.05) is 6.61 Å². The molecule has 0 saturated carbocycles. The van der Waals surface area contributed by atoms with Crippen LogP contribution < -0.4 is 0 Å². The molecule has 0 saturated heterocycles. The van der Waals surface area contributed by atoms with Gasteiger partial charge in [-0.25, -0.2) is 0 Å². The van der Waals surface area contributed by atoms with Gasteiger partial charge in [0.15, 0.2) is 4.84 Å². The Morgan fingerprint density at radius 1 is 1.75 bits per heavy atom. The molecule has 1 N–H and O–H groups in total. The molecule has 0 aromatic carbocycles. The Morgan fingerprint density at radius 2 is 2.25 bits per heavy atom. The molecular formula is C4H7Cl2NO. The van der Waals surface area contributed by atoms with Crippen LogP contribution in [0.25, 0.3) is 0 Å². The number of nitrogens with one attached hydrogen (secondary N) is 1. The molecule has 4 heteroatoms. The molecule has 0 aliphatic rings. The molecule has 0 bridgehead atoms. The number of ether oxygens (including phenoxy) is 1. The Morgan fingerprint density at radius 3 is 2.38 bits per heavy atom. The van der Waals surface area contributed by atoms with Crippen LogP contribution in [0.5, 0.6) is 0 Å². The van der Waals surface area contributed by atoms with E-state index in [9.17, 15) is 0 Å². The normalized spacial score (nSPS) is 9.50. The number of hydrogen-bond donors (Lipinski definition) is 1. The Labute approximate surface area is 58.2 Å². The van der Waals surface area contributed by atoms with Gasteiger partial charge in [-0.3, -0.25) is 5.41 Å². The van der Waals surface area contributed by atoms with Crippen molar-refractivity contribution in [1.29, 1.82) is 5.41 Å². The summed E-state index contributed by atoms with van der Waals surface area (Å²) in [5.74, 6) is -0.0872. The van der Waals surface area contributed by atoms with Crippen LogP contribution in [-0.4, -0.2) is 17.3 Å². The van der Waals surface area contributed by atoms with E-state index in [1.54, 1.807) is 6.92 Å². The smallest absolute Gasteiger partial charge is 0.214 e. The van der Waals surface area contributed by atoms with Crippen LogP contribution in [0.4, 0.5) is 0 Å². The van der Waals surface area contributed by atoms with Crippen molar-refractivity contribution in [1.82, 2.24) is 0 Å². The molecule has 0 fully saturated rings. The molecule has 0 aromatic rings. The van der Waals surface area contributed by atoms with Crippen LogP contribution in [0.15, 0.2) is 0 Å². The average Bonchev–Trinajstić information content (AvgIpc) is 1.67. The van der Waals surface area contributed by atoms with Crippen LogP contribution >= 0.6 is 23.2 Å². The zero-order chi connectivity index (χ0) is 6.57. The van der Waals surface area contributed by atoms with Gasteiger partial charge in [0.1, 0.15) is 0 Å². The van der Waals surface area contributed by atoms with Gasteiger partial charge in [0.25, 0.3) is 0 Å². The fraction of sp³-hybridized carbons (Fsp3) is 0.750. The maximum absolute atomic E-state index is 6.86. The number of hydrogen-bond acceptors (Lipinski definition) is 2. The predicted octanol–water partition coefficient (Wildman–Crippen LogP) is 1.80. The zero-order valence-electron chi connectivity index (χ0n) is 4.45. The van der Waals surface area contributed by atoms with Crippen LogP contribution in [0, 0.1) is 5.41 Å². The largest absolute Gasteiger partial charge is 0.479 e. The van der Waals surface area contributed by atoms with E-state index >= 15 is 0 Å². The fourth-order valence-electron chi connectivity index (χ4n) is 0.218. The monoisotopic (exact) mass is 155 g/mol. The van der Waals surface area contributed by atoms with Gasteiger partial charge in [0.2, 0.25) is 5.90 Å². The number of halogens is 2. The molecule has 0 rings (SSSR count). The van der Waals surface area contributed by atoms with Crippen molar-refractivity contribution in [2.45, 2.75) is 11.8 Å². The summed E-state index contributed by atoms with van der Waals surface area (Å²) < 4.78 is 4.62. The highest BCUT2D eigenvalue weighted by atomic mass is 35.5. The van der Waals surface area contributed by atoms with E-state index in [-0.39, 0.29) is 5.90 Å². The van der Waals surface area contributed by atoms with Crippen LogP contribution in [-0.2, 0) is 4.74 Å². The molecule has 0 spiro atoms. The molecule has 0 unspecified atom stereocenters. The third-order valence-corrected chi connectivity index (χ3v) is 0.894. The summed E-state index contributed by atoms with van der Waals surface area (Å²) in [7, 11) is 0. The van der Waals surface area contributed by atoms with E-state index in [0.717, 1.165) is 0 Å². The molecule has 48 valence electrons. The Kier molecular flexibility index (Phi) is 4.01. The number of alkyl halides is 2. The molecule has 8 heavy (non-hydrogen) atoms. The highest BCUT2D eigenvalue weighted by molar-refractivity contribution is 6.53. The summed E-state index contributed by atoms with van der Waals surface area (Å²) in [5.41, 5.74) is 0. The molecule has 0 aromatic heterocycles. The minimum atomic E-state index is -0.824. The van der Waals surface area contributed by atoms with Gasteiger partial charge in [0.05, 0.1) is 6.61 Å². The lowest BCUT2D eigenvalue weighted by Gasteiger charge is -2.02. The van der Waals surface area contributed by atoms with Crippen LogP contribution in [0.1, 0.15) is 6.92 Å². The first-order valence-electron chi connectivity index (χ1n) is 2.18. The lowest BCUT2D eigenvalue weighted by atomic mass is 10.7. The summed E-state index contributed by atoms with van der Waals surface area (Å²) in [6.07, 6.45) is 0. The SMILES string of the molecule is CCOC(=N)C(Cl)Cl. The summed E-state index contributed by atoms with van der Waals surface area (Å²) in [5, 5.41) is 6.86. The first kappa shape index (κ1) is 8.05. The lowest BCUT2D eigenvalue weighted by Crippen LogP contribution is -2.10. The fourth-order valence-corrected chi connectivity index (χ4v) is 0.344. The van der Waals surface area contributed by atoms with Crippen molar-refractivity contribution < 1.29 is 4.74 Å². The van der Waals surface area contributed by atoms with Gasteiger partial charge in [-0.15, -0.1) is 0 Å². The minimum absolute atomic E-state index is 0.0872. The van der Waals surface area contributed by atoms with E-state index in [4.69, 9.17) is 28.6 Å². The quantitative estimate of drug-likeness (QED) is 0.369. The van der Waals surface area contributed by atoms with E-state index in [1.165, 1.54) is 0 Å². The van der Waals surface area contributed by atoms with Gasteiger partial charge in [-0.05, 0) is 6.92 Å². The Balaban J connectivity index is 3.33. The Hall–Kier alpha value is 0.0500. The standard InChI is InChI=1S/C4H7Cl2NO/c1-2-8-4(7)3(5)6/h3,7H,2H2,1H3. The summed E-state index contributed by atoms with van der Waals surface area (Å²) in [6, 6.07) is 0. The molecule has 0 atom stereocenters. The molecule has 0 aliphatic heterocycles. The van der Waals surface area contributed by atoms with Gasteiger partial charge >= 0.3 is 0 Å². The first-order chi connectivity index (χ1) is 3.68. The van der Waals surface area contributed by atoms with Crippen molar-refractivity contribution in [3.8, 4) is 0 Å². The average molecular weight is 156 g/mol. The second-order valence-electron chi connectivity index (χ2n) is 1.10. The topological polar surface area (TPSA) is 33.1 Å². The van der Waals surface area contributed by atoms with Crippen molar-refractivity contribution in [3.63, 3.8) is 0 Å². The minimum Gasteiger partial charge on any atom is -0.479 e. The molecule has 2 nitrogen and oxygen atoms in total. The lowest BCUT2D eigenvalue weighted by molar-refractivity contribution is 0.320. The van der Waals surface area contributed by atoms with Gasteiger partial charge < -0.3 is 4.74 Å². The summed E-state index contributed by atoms with van der Waals surface area (Å²) >= 11 is 10.4. The third-order valence-electron chi connectivity index (χ3n) is 0.498. The maximum atomic E-state index is 6.86. The summed E-state index contributed by atoms with van der Waals surface area (Å²) in [4.78, 5) is -0.824. The third kappa shape index (κ3) is 3.10. The van der Waals surface area contributed by atoms with E-state index < -0.39 is 4.84 Å². The maximum Gasteiger partial charge on any atom is 0.214 e. The molecule has 0 amide bonds. The molecular weight excluding hydrogens is 149 g/mol. The molecule has 0 heterocycles. The molecule has 0 radical (unpaired) electrons.